The molecule has 1 N–H and O–H groups in total. The van der Waals surface area contributed by atoms with Gasteiger partial charge in [-0.1, -0.05) is 29.5 Å². The number of carbonyl (C=O) groups is 1. The van der Waals surface area contributed by atoms with E-state index in [0.717, 1.165) is 34.1 Å². The predicted octanol–water partition coefficient (Wildman–Crippen LogP) is 2.65. The first-order valence-corrected chi connectivity index (χ1v) is 8.19. The highest BCUT2D eigenvalue weighted by molar-refractivity contribution is 7.99. The van der Waals surface area contributed by atoms with E-state index in [9.17, 15) is 4.79 Å². The predicted molar refractivity (Wildman–Crippen MR) is 88.0 cm³/mol. The number of rotatable bonds is 6. The second-order valence-corrected chi connectivity index (χ2v) is 6.42. The minimum absolute atomic E-state index is 0.0479. The number of benzene rings is 1. The fourth-order valence-corrected chi connectivity index (χ4v) is 3.11. The molecule has 0 fully saturated rings. The Morgan fingerprint density at radius 3 is 2.55 bits per heavy atom. The first kappa shape index (κ1) is 16.5. The number of amides is 1. The molecule has 0 bridgehead atoms. The molecule has 0 spiro atoms. The average molecular weight is 319 g/mol. The van der Waals surface area contributed by atoms with Gasteiger partial charge in [0, 0.05) is 24.9 Å². The van der Waals surface area contributed by atoms with Gasteiger partial charge in [-0.05, 0) is 48.7 Å². The van der Waals surface area contributed by atoms with Crippen LogP contribution in [0.2, 0.25) is 0 Å². The summed E-state index contributed by atoms with van der Waals surface area (Å²) >= 11 is 1.56. The molecular weight excluding hydrogens is 298 g/mol. The van der Waals surface area contributed by atoms with Crippen LogP contribution < -0.4 is 5.32 Å². The van der Waals surface area contributed by atoms with Gasteiger partial charge >= 0.3 is 0 Å². The number of nitrogens with one attached hydrogen (secondary N) is 1. The van der Waals surface area contributed by atoms with Crippen molar-refractivity contribution in [1.29, 1.82) is 0 Å². The minimum atomic E-state index is 0.0479. The van der Waals surface area contributed by atoms with Gasteiger partial charge in [-0.3, -0.25) is 4.79 Å². The molecule has 0 aliphatic carbocycles. The lowest BCUT2D eigenvalue weighted by Gasteiger charge is -2.12. The summed E-state index contributed by atoms with van der Waals surface area (Å²) in [5.41, 5.74) is 4.35. The van der Waals surface area contributed by atoms with E-state index in [1.807, 2.05) is 13.8 Å². The zero-order chi connectivity index (χ0) is 16.1. The normalized spacial score (nSPS) is 10.7. The lowest BCUT2D eigenvalue weighted by atomic mass is 10.0. The highest BCUT2D eigenvalue weighted by atomic mass is 32.2. The molecule has 118 valence electrons. The van der Waals surface area contributed by atoms with E-state index in [2.05, 4.69) is 39.9 Å². The maximum absolute atomic E-state index is 12.1. The summed E-state index contributed by atoms with van der Waals surface area (Å²) in [6.07, 6.45) is 1.28. The number of thioether (sulfide) groups is 1. The van der Waals surface area contributed by atoms with Crippen LogP contribution in [0.4, 0.5) is 5.69 Å². The van der Waals surface area contributed by atoms with Crippen molar-refractivity contribution < 1.29 is 4.79 Å². The third-order valence-electron chi connectivity index (χ3n) is 3.30. The Bertz CT molecular complexity index is 645. The molecule has 7 heteroatoms. The molecule has 1 amide bonds. The van der Waals surface area contributed by atoms with Gasteiger partial charge in [-0.2, -0.15) is 0 Å². The highest BCUT2D eigenvalue weighted by Crippen LogP contribution is 2.22. The molecule has 2 aromatic rings. The molecule has 0 aliphatic heterocycles. The van der Waals surface area contributed by atoms with E-state index in [4.69, 9.17) is 0 Å². The third kappa shape index (κ3) is 4.30. The Balaban J connectivity index is 1.80. The summed E-state index contributed by atoms with van der Waals surface area (Å²) in [4.78, 5) is 12.1. The highest BCUT2D eigenvalue weighted by Gasteiger charge is 2.09. The van der Waals surface area contributed by atoms with Gasteiger partial charge in [0.2, 0.25) is 11.1 Å². The van der Waals surface area contributed by atoms with Crippen molar-refractivity contribution >= 4 is 23.4 Å². The second-order valence-electron chi connectivity index (χ2n) is 5.36. The van der Waals surface area contributed by atoms with E-state index in [1.165, 1.54) is 5.56 Å². The average Bonchev–Trinajstić information content (AvgIpc) is 2.84. The Labute approximate surface area is 134 Å². The second kappa shape index (κ2) is 7.40. The maximum atomic E-state index is 12.1. The van der Waals surface area contributed by atoms with Gasteiger partial charge in [-0.15, -0.1) is 5.10 Å². The molecule has 1 aromatic carbocycles. The maximum Gasteiger partial charge on any atom is 0.224 e. The number of carbonyl (C=O) groups excluding carboxylic acids is 1. The fourth-order valence-electron chi connectivity index (χ4n) is 2.32. The smallest absolute Gasteiger partial charge is 0.224 e. The zero-order valence-electron chi connectivity index (χ0n) is 13.4. The molecule has 0 saturated heterocycles. The van der Waals surface area contributed by atoms with Crippen molar-refractivity contribution in [2.75, 3.05) is 11.1 Å². The number of anilines is 1. The van der Waals surface area contributed by atoms with Crippen LogP contribution >= 0.6 is 11.8 Å². The summed E-state index contributed by atoms with van der Waals surface area (Å²) in [6.45, 7) is 6.10. The zero-order valence-corrected chi connectivity index (χ0v) is 14.2. The molecule has 0 aliphatic rings. The van der Waals surface area contributed by atoms with Crippen molar-refractivity contribution in [2.45, 2.75) is 38.8 Å². The molecule has 1 aromatic heterocycles. The summed E-state index contributed by atoms with van der Waals surface area (Å²) < 4.78 is 1.63. The number of hydrogen-bond acceptors (Lipinski definition) is 5. The van der Waals surface area contributed by atoms with Crippen LogP contribution in [0.5, 0.6) is 0 Å². The van der Waals surface area contributed by atoms with Crippen LogP contribution in [-0.2, 0) is 11.8 Å². The molecule has 0 atom stereocenters. The van der Waals surface area contributed by atoms with Gasteiger partial charge < -0.3 is 5.32 Å². The van der Waals surface area contributed by atoms with E-state index >= 15 is 0 Å². The van der Waals surface area contributed by atoms with Gasteiger partial charge in [0.25, 0.3) is 0 Å². The lowest BCUT2D eigenvalue weighted by Crippen LogP contribution is -2.13. The van der Waals surface area contributed by atoms with Crippen LogP contribution in [0.3, 0.4) is 0 Å². The first-order chi connectivity index (χ1) is 10.5. The monoisotopic (exact) mass is 319 g/mol. The number of tetrazole rings is 1. The van der Waals surface area contributed by atoms with Crippen molar-refractivity contribution in [3.63, 3.8) is 0 Å². The summed E-state index contributed by atoms with van der Waals surface area (Å²) in [7, 11) is 1.80. The van der Waals surface area contributed by atoms with Crippen LogP contribution in [-0.4, -0.2) is 31.9 Å². The Morgan fingerprint density at radius 2 is 1.95 bits per heavy atom. The molecule has 6 nitrogen and oxygen atoms in total. The van der Waals surface area contributed by atoms with E-state index in [-0.39, 0.29) is 5.91 Å². The van der Waals surface area contributed by atoms with Crippen molar-refractivity contribution in [2.24, 2.45) is 7.05 Å². The van der Waals surface area contributed by atoms with E-state index < -0.39 is 0 Å². The van der Waals surface area contributed by atoms with Crippen LogP contribution in [0, 0.1) is 20.8 Å². The number of aryl methyl sites for hydroxylation is 4. The van der Waals surface area contributed by atoms with Gasteiger partial charge in [0.1, 0.15) is 0 Å². The van der Waals surface area contributed by atoms with E-state index in [1.54, 1.807) is 23.5 Å². The van der Waals surface area contributed by atoms with Crippen molar-refractivity contribution in [1.82, 2.24) is 20.2 Å². The van der Waals surface area contributed by atoms with Crippen LogP contribution in [0.1, 0.15) is 29.5 Å². The summed E-state index contributed by atoms with van der Waals surface area (Å²) in [5.74, 6) is 0.861. The lowest BCUT2D eigenvalue weighted by molar-refractivity contribution is -0.116. The minimum Gasteiger partial charge on any atom is -0.326 e. The quantitative estimate of drug-likeness (QED) is 0.654. The summed E-state index contributed by atoms with van der Waals surface area (Å²) in [6, 6.07) is 4.17. The molecule has 0 saturated carbocycles. The van der Waals surface area contributed by atoms with Crippen molar-refractivity contribution in [3.8, 4) is 0 Å². The Hall–Kier alpha value is -1.89. The van der Waals surface area contributed by atoms with Crippen LogP contribution in [0.25, 0.3) is 0 Å². The summed E-state index contributed by atoms with van der Waals surface area (Å²) in [5, 5.41) is 15.0. The molecule has 1 heterocycles. The Kier molecular flexibility index (Phi) is 5.54. The van der Waals surface area contributed by atoms with Crippen LogP contribution in [0.15, 0.2) is 17.3 Å². The van der Waals surface area contributed by atoms with Crippen molar-refractivity contribution in [3.05, 3.63) is 28.8 Å². The molecule has 22 heavy (non-hydrogen) atoms. The number of hydrogen-bond donors (Lipinski definition) is 1. The molecular formula is C15H21N5OS. The topological polar surface area (TPSA) is 72.7 Å². The molecule has 0 radical (unpaired) electrons. The van der Waals surface area contributed by atoms with Gasteiger partial charge in [0.15, 0.2) is 0 Å². The van der Waals surface area contributed by atoms with Gasteiger partial charge in [0.05, 0.1) is 0 Å². The largest absolute Gasteiger partial charge is 0.326 e. The number of aromatic nitrogens is 4. The van der Waals surface area contributed by atoms with E-state index in [0.29, 0.717) is 6.42 Å². The van der Waals surface area contributed by atoms with Gasteiger partial charge in [-0.25, -0.2) is 4.68 Å². The first-order valence-electron chi connectivity index (χ1n) is 7.20. The Morgan fingerprint density at radius 1 is 1.27 bits per heavy atom. The fraction of sp³-hybridized carbons (Fsp3) is 0.467. The SMILES string of the molecule is Cc1cc(C)c(NC(=O)CCCSc2nnnn2C)c(C)c1. The molecule has 2 rings (SSSR count). The third-order valence-corrected chi connectivity index (χ3v) is 4.40. The standard InChI is InChI=1S/C15H21N5OS/c1-10-8-11(2)14(12(3)9-10)16-13(21)6-5-7-22-15-17-18-19-20(15)4/h8-9H,5-7H2,1-4H3,(H,16,21). The molecule has 0 unspecified atom stereocenters. The number of nitrogens with zero attached hydrogens (tertiary/aromatic N) is 4.